The van der Waals surface area contributed by atoms with E-state index in [2.05, 4.69) is 50.3 Å². The first-order valence-electron chi connectivity index (χ1n) is 7.63. The first-order valence-corrected chi connectivity index (χ1v) is 7.63. The van der Waals surface area contributed by atoms with Crippen LogP contribution in [0.4, 0.5) is 0 Å². The Hall–Kier alpha value is -1.04. The van der Waals surface area contributed by atoms with Crippen molar-refractivity contribution in [3.05, 3.63) is 42.0 Å². The highest BCUT2D eigenvalue weighted by atomic mass is 14.1. The lowest BCUT2D eigenvalue weighted by molar-refractivity contribution is 0.677. The molecule has 0 atom stereocenters. The molecule has 1 aromatic carbocycles. The molecular weight excluding hydrogens is 216 g/mol. The van der Waals surface area contributed by atoms with Gasteiger partial charge < -0.3 is 0 Å². The second-order valence-electron chi connectivity index (χ2n) is 5.05. The van der Waals surface area contributed by atoms with Crippen LogP contribution in [-0.2, 0) is 0 Å². The Balaban J connectivity index is 2.55. The van der Waals surface area contributed by atoms with Crippen molar-refractivity contribution in [2.24, 2.45) is 0 Å². The fourth-order valence-corrected chi connectivity index (χ4v) is 2.24. The van der Waals surface area contributed by atoms with Crippen LogP contribution in [0.3, 0.4) is 0 Å². The molecule has 0 nitrogen and oxygen atoms in total. The first kappa shape index (κ1) is 15.0. The van der Waals surface area contributed by atoms with Gasteiger partial charge in [0, 0.05) is 0 Å². The van der Waals surface area contributed by atoms with Crippen molar-refractivity contribution in [2.75, 3.05) is 0 Å². The average Bonchev–Trinajstić information content (AvgIpc) is 2.42. The molecule has 0 bridgehead atoms. The summed E-state index contributed by atoms with van der Waals surface area (Å²) in [7, 11) is 0. The van der Waals surface area contributed by atoms with Gasteiger partial charge in [0.15, 0.2) is 0 Å². The molecule has 0 saturated heterocycles. The van der Waals surface area contributed by atoms with Crippen molar-refractivity contribution >= 4 is 5.57 Å². The molecule has 0 heterocycles. The van der Waals surface area contributed by atoms with Crippen LogP contribution in [0.2, 0.25) is 0 Å². The van der Waals surface area contributed by atoms with E-state index < -0.39 is 0 Å². The van der Waals surface area contributed by atoms with Crippen molar-refractivity contribution in [3.63, 3.8) is 0 Å². The molecule has 0 spiro atoms. The van der Waals surface area contributed by atoms with E-state index in [4.69, 9.17) is 0 Å². The first-order chi connectivity index (χ1) is 8.88. The lowest BCUT2D eigenvalue weighted by atomic mass is 9.98. The van der Waals surface area contributed by atoms with Crippen LogP contribution in [-0.4, -0.2) is 0 Å². The van der Waals surface area contributed by atoms with Gasteiger partial charge in [0.25, 0.3) is 0 Å². The van der Waals surface area contributed by atoms with E-state index in [1.165, 1.54) is 56.9 Å². The molecule has 0 saturated carbocycles. The summed E-state index contributed by atoms with van der Waals surface area (Å²) in [6.07, 6.45) is 12.9. The molecule has 18 heavy (non-hydrogen) atoms. The molecule has 1 aromatic rings. The van der Waals surface area contributed by atoms with Crippen LogP contribution < -0.4 is 0 Å². The van der Waals surface area contributed by atoms with E-state index in [1.807, 2.05) is 0 Å². The molecule has 0 aliphatic rings. The standard InChI is InChI=1S/C18H28/c1-3-5-7-10-14-17(13-9-6-4-2)18-15-11-8-12-16-18/h8,11-13,15-16H,3-7,9-10,14H2,1-2H3/b17-13+. The third-order valence-electron chi connectivity index (χ3n) is 3.39. The maximum absolute atomic E-state index is 2.46. The Morgan fingerprint density at radius 2 is 1.61 bits per heavy atom. The Kier molecular flexibility index (Phi) is 8.29. The highest BCUT2D eigenvalue weighted by Crippen LogP contribution is 2.22. The molecule has 100 valence electrons. The summed E-state index contributed by atoms with van der Waals surface area (Å²) in [5, 5.41) is 0. The van der Waals surface area contributed by atoms with E-state index in [0.29, 0.717) is 0 Å². The minimum atomic E-state index is 1.23. The summed E-state index contributed by atoms with van der Waals surface area (Å²) < 4.78 is 0. The lowest BCUT2D eigenvalue weighted by Gasteiger charge is -2.08. The number of rotatable bonds is 9. The van der Waals surface area contributed by atoms with Crippen molar-refractivity contribution in [1.29, 1.82) is 0 Å². The maximum Gasteiger partial charge on any atom is -0.0228 e. The summed E-state index contributed by atoms with van der Waals surface area (Å²) in [4.78, 5) is 0. The molecule has 0 aromatic heterocycles. The zero-order valence-electron chi connectivity index (χ0n) is 12.1. The number of hydrogen-bond acceptors (Lipinski definition) is 0. The molecule has 0 aliphatic heterocycles. The quantitative estimate of drug-likeness (QED) is 0.452. The minimum absolute atomic E-state index is 1.23. The molecule has 0 heteroatoms. The zero-order chi connectivity index (χ0) is 13.1. The van der Waals surface area contributed by atoms with Crippen LogP contribution in [0.5, 0.6) is 0 Å². The zero-order valence-corrected chi connectivity index (χ0v) is 12.1. The van der Waals surface area contributed by atoms with Crippen molar-refractivity contribution < 1.29 is 0 Å². The normalized spacial score (nSPS) is 11.8. The van der Waals surface area contributed by atoms with Crippen molar-refractivity contribution in [1.82, 2.24) is 0 Å². The van der Waals surface area contributed by atoms with Crippen LogP contribution in [0.25, 0.3) is 5.57 Å². The number of hydrogen-bond donors (Lipinski definition) is 0. The number of benzene rings is 1. The third kappa shape index (κ3) is 6.05. The van der Waals surface area contributed by atoms with Crippen molar-refractivity contribution in [3.8, 4) is 0 Å². The second kappa shape index (κ2) is 9.94. The molecule has 0 N–H and O–H groups in total. The monoisotopic (exact) mass is 244 g/mol. The van der Waals surface area contributed by atoms with Gasteiger partial charge in [0.2, 0.25) is 0 Å². The Bertz CT molecular complexity index is 321. The van der Waals surface area contributed by atoms with Gasteiger partial charge in [-0.25, -0.2) is 0 Å². The summed E-state index contributed by atoms with van der Waals surface area (Å²) in [5.74, 6) is 0. The fourth-order valence-electron chi connectivity index (χ4n) is 2.24. The highest BCUT2D eigenvalue weighted by Gasteiger charge is 2.00. The summed E-state index contributed by atoms with van der Waals surface area (Å²) in [5.41, 5.74) is 2.98. The third-order valence-corrected chi connectivity index (χ3v) is 3.39. The van der Waals surface area contributed by atoms with Gasteiger partial charge in [-0.15, -0.1) is 0 Å². The number of unbranched alkanes of at least 4 members (excludes halogenated alkanes) is 5. The van der Waals surface area contributed by atoms with Gasteiger partial charge in [0.1, 0.15) is 0 Å². The SMILES string of the molecule is CCCC/C=C(\CCCCCC)c1ccccc1. The highest BCUT2D eigenvalue weighted by molar-refractivity contribution is 5.65. The van der Waals surface area contributed by atoms with E-state index in [1.54, 1.807) is 5.57 Å². The second-order valence-corrected chi connectivity index (χ2v) is 5.05. The summed E-state index contributed by atoms with van der Waals surface area (Å²) >= 11 is 0. The van der Waals surface area contributed by atoms with Gasteiger partial charge >= 0.3 is 0 Å². The van der Waals surface area contributed by atoms with Gasteiger partial charge in [-0.2, -0.15) is 0 Å². The van der Waals surface area contributed by atoms with Gasteiger partial charge in [-0.1, -0.05) is 82.4 Å². The predicted molar refractivity (Wildman–Crippen MR) is 82.7 cm³/mol. The average molecular weight is 244 g/mol. The molecule has 0 radical (unpaired) electrons. The molecule has 0 amide bonds. The van der Waals surface area contributed by atoms with Crippen molar-refractivity contribution in [2.45, 2.75) is 65.2 Å². The van der Waals surface area contributed by atoms with Crippen LogP contribution >= 0.6 is 0 Å². The lowest BCUT2D eigenvalue weighted by Crippen LogP contribution is -1.86. The summed E-state index contributed by atoms with van der Waals surface area (Å²) in [6.45, 7) is 4.53. The molecule has 0 fully saturated rings. The maximum atomic E-state index is 2.46. The van der Waals surface area contributed by atoms with E-state index >= 15 is 0 Å². The van der Waals surface area contributed by atoms with E-state index in [9.17, 15) is 0 Å². The van der Waals surface area contributed by atoms with E-state index in [0.717, 1.165) is 0 Å². The van der Waals surface area contributed by atoms with Crippen LogP contribution in [0, 0.1) is 0 Å². The fraction of sp³-hybridized carbons (Fsp3) is 0.556. The molecular formula is C18H28. The molecule has 1 rings (SSSR count). The van der Waals surface area contributed by atoms with Gasteiger partial charge in [-0.3, -0.25) is 0 Å². The van der Waals surface area contributed by atoms with Gasteiger partial charge in [-0.05, 0) is 30.4 Å². The summed E-state index contributed by atoms with van der Waals surface area (Å²) in [6, 6.07) is 10.9. The smallest absolute Gasteiger partial charge is 0.0228 e. The Morgan fingerprint density at radius 1 is 0.889 bits per heavy atom. The predicted octanol–water partition coefficient (Wildman–Crippen LogP) is 6.23. The minimum Gasteiger partial charge on any atom is -0.0807 e. The molecule has 0 aliphatic carbocycles. The van der Waals surface area contributed by atoms with Crippen LogP contribution in [0.1, 0.15) is 70.8 Å². The molecule has 0 unspecified atom stereocenters. The van der Waals surface area contributed by atoms with E-state index in [-0.39, 0.29) is 0 Å². The Labute approximate surface area is 113 Å². The Morgan fingerprint density at radius 3 is 2.28 bits per heavy atom. The topological polar surface area (TPSA) is 0 Å². The largest absolute Gasteiger partial charge is 0.0807 e. The van der Waals surface area contributed by atoms with Gasteiger partial charge in [0.05, 0.1) is 0 Å². The number of allylic oxidation sites excluding steroid dienone is 2. The van der Waals surface area contributed by atoms with Crippen LogP contribution in [0.15, 0.2) is 36.4 Å².